The average molecular weight is 460 g/mol. The minimum atomic E-state index is -0.771. The summed E-state index contributed by atoms with van der Waals surface area (Å²) < 4.78 is 25.5. The van der Waals surface area contributed by atoms with Gasteiger partial charge in [-0.3, -0.25) is 0 Å². The molecule has 0 saturated carbocycles. The average Bonchev–Trinajstić information content (AvgIpc) is 2.62. The Morgan fingerprint density at radius 1 is 1.36 bits per heavy atom. The first-order valence-electron chi connectivity index (χ1n) is 9.23. The third-order valence-electron chi connectivity index (χ3n) is 4.73. The molecule has 0 spiro atoms. The quantitative estimate of drug-likeness (QED) is 0.690. The number of carbonyl (C=O) groups excluding carboxylic acids is 2. The molecule has 2 rings (SSSR count). The van der Waals surface area contributed by atoms with E-state index in [-0.39, 0.29) is 30.6 Å². The lowest BCUT2D eigenvalue weighted by Crippen LogP contribution is -2.49. The van der Waals surface area contributed by atoms with Crippen LogP contribution in [0.25, 0.3) is 0 Å². The summed E-state index contributed by atoms with van der Waals surface area (Å²) in [6.45, 7) is 5.80. The van der Waals surface area contributed by atoms with Crippen LogP contribution in [0, 0.1) is 11.7 Å². The van der Waals surface area contributed by atoms with Crippen LogP contribution in [0.1, 0.15) is 49.5 Å². The lowest BCUT2D eigenvalue weighted by atomic mass is 9.88. The van der Waals surface area contributed by atoms with Crippen molar-refractivity contribution in [3.05, 3.63) is 33.5 Å². The summed E-state index contributed by atoms with van der Waals surface area (Å²) in [4.78, 5) is 26.1. The fourth-order valence-electron chi connectivity index (χ4n) is 3.35. The molecule has 6 nitrogen and oxygen atoms in total. The molecular weight excluding hydrogens is 433 g/mol. The lowest BCUT2D eigenvalue weighted by molar-refractivity contribution is 0.000731. The molecule has 2 atom stereocenters. The number of aliphatic hydroxyl groups is 1. The first-order valence-corrected chi connectivity index (χ1v) is 10.0. The molecule has 1 heterocycles. The van der Waals surface area contributed by atoms with Gasteiger partial charge < -0.3 is 19.5 Å². The largest absolute Gasteiger partial charge is 0.465 e. The number of piperidine rings is 1. The number of benzene rings is 1. The number of halogens is 2. The van der Waals surface area contributed by atoms with E-state index in [0.29, 0.717) is 29.4 Å². The number of methoxy groups -OCH3 is 1. The van der Waals surface area contributed by atoms with E-state index in [1.54, 1.807) is 37.8 Å². The number of rotatable bonds is 4. The molecule has 156 valence electrons. The highest BCUT2D eigenvalue weighted by atomic mass is 79.9. The summed E-state index contributed by atoms with van der Waals surface area (Å²) in [7, 11) is 1.19. The minimum absolute atomic E-state index is 0.00882. The zero-order chi connectivity index (χ0) is 21.1. The van der Waals surface area contributed by atoms with Crippen molar-refractivity contribution in [2.75, 3.05) is 20.3 Å². The number of ether oxygens (including phenoxy) is 2. The number of likely N-dealkylation sites (tertiary alicyclic amines) is 1. The Balaban J connectivity index is 2.31. The number of esters is 1. The number of aliphatic hydroxyl groups excluding tert-OH is 1. The van der Waals surface area contributed by atoms with Crippen LogP contribution in [0.2, 0.25) is 0 Å². The second kappa shape index (κ2) is 9.22. The Kier molecular flexibility index (Phi) is 7.45. The lowest BCUT2D eigenvalue weighted by Gasteiger charge is -2.39. The van der Waals surface area contributed by atoms with Gasteiger partial charge in [-0.05, 0) is 73.5 Å². The van der Waals surface area contributed by atoms with Gasteiger partial charge in [0.1, 0.15) is 17.0 Å². The van der Waals surface area contributed by atoms with E-state index < -0.39 is 23.5 Å². The van der Waals surface area contributed by atoms with Crippen LogP contribution in [-0.4, -0.2) is 54.0 Å². The van der Waals surface area contributed by atoms with Gasteiger partial charge in [0, 0.05) is 23.7 Å². The predicted molar refractivity (Wildman–Crippen MR) is 106 cm³/mol. The Morgan fingerprint density at radius 2 is 2.04 bits per heavy atom. The van der Waals surface area contributed by atoms with Crippen LogP contribution < -0.4 is 0 Å². The summed E-state index contributed by atoms with van der Waals surface area (Å²) in [6.07, 6.45) is 0.930. The highest BCUT2D eigenvalue weighted by molar-refractivity contribution is 9.10. The van der Waals surface area contributed by atoms with Gasteiger partial charge in [0.25, 0.3) is 0 Å². The molecular formula is C20H27BrFNO5. The molecule has 0 radical (unpaired) electrons. The molecule has 0 bridgehead atoms. The number of carbonyl (C=O) groups is 2. The molecule has 1 amide bonds. The van der Waals surface area contributed by atoms with E-state index in [2.05, 4.69) is 20.7 Å². The number of hydrogen-bond acceptors (Lipinski definition) is 5. The summed E-state index contributed by atoms with van der Waals surface area (Å²) >= 11 is 3.18. The molecule has 1 saturated heterocycles. The van der Waals surface area contributed by atoms with Crippen LogP contribution in [0.4, 0.5) is 9.18 Å². The van der Waals surface area contributed by atoms with E-state index in [1.807, 2.05) is 0 Å². The molecule has 2 unspecified atom stereocenters. The molecule has 1 fully saturated rings. The number of nitrogens with zero attached hydrogens (tertiary/aromatic N) is 1. The normalized spacial score (nSPS) is 20.0. The van der Waals surface area contributed by atoms with Gasteiger partial charge >= 0.3 is 12.1 Å². The van der Waals surface area contributed by atoms with Crippen molar-refractivity contribution < 1.29 is 28.6 Å². The minimum Gasteiger partial charge on any atom is -0.465 e. The van der Waals surface area contributed by atoms with Crippen LogP contribution in [-0.2, 0) is 15.9 Å². The van der Waals surface area contributed by atoms with E-state index in [9.17, 15) is 19.1 Å². The van der Waals surface area contributed by atoms with Gasteiger partial charge in [0.15, 0.2) is 0 Å². The SMILES string of the molecule is COC(=O)c1c(Br)ccc(CC2CC(CO)CCN2C(=O)OC(C)(C)C)c1F. The topological polar surface area (TPSA) is 76.1 Å². The van der Waals surface area contributed by atoms with Crippen LogP contribution in [0.15, 0.2) is 16.6 Å². The second-order valence-electron chi connectivity index (χ2n) is 7.99. The van der Waals surface area contributed by atoms with Gasteiger partial charge in [-0.1, -0.05) is 6.07 Å². The Hall–Kier alpha value is -1.67. The highest BCUT2D eigenvalue weighted by Gasteiger charge is 2.35. The first-order chi connectivity index (χ1) is 13.1. The van der Waals surface area contributed by atoms with Crippen molar-refractivity contribution in [2.45, 2.75) is 51.7 Å². The maximum absolute atomic E-state index is 15.0. The first kappa shape index (κ1) is 22.6. The van der Waals surface area contributed by atoms with Crippen molar-refractivity contribution >= 4 is 28.0 Å². The monoisotopic (exact) mass is 459 g/mol. The molecule has 1 aromatic carbocycles. The molecule has 0 aliphatic carbocycles. The van der Waals surface area contributed by atoms with Crippen molar-refractivity contribution in [1.82, 2.24) is 4.90 Å². The molecule has 1 aliphatic heterocycles. The van der Waals surface area contributed by atoms with Crippen molar-refractivity contribution in [3.63, 3.8) is 0 Å². The fourth-order valence-corrected chi connectivity index (χ4v) is 3.82. The molecule has 0 aromatic heterocycles. The van der Waals surface area contributed by atoms with Crippen molar-refractivity contribution in [1.29, 1.82) is 0 Å². The van der Waals surface area contributed by atoms with Crippen molar-refractivity contribution in [2.24, 2.45) is 5.92 Å². The molecule has 8 heteroatoms. The van der Waals surface area contributed by atoms with E-state index >= 15 is 0 Å². The number of hydrogen-bond donors (Lipinski definition) is 1. The summed E-state index contributed by atoms with van der Waals surface area (Å²) in [5.41, 5.74) is -0.504. The van der Waals surface area contributed by atoms with E-state index in [1.165, 1.54) is 7.11 Å². The van der Waals surface area contributed by atoms with Gasteiger partial charge in [-0.15, -0.1) is 0 Å². The van der Waals surface area contributed by atoms with Gasteiger partial charge in [-0.2, -0.15) is 0 Å². The zero-order valence-electron chi connectivity index (χ0n) is 16.6. The fraction of sp³-hybridized carbons (Fsp3) is 0.600. The molecule has 1 aliphatic rings. The second-order valence-corrected chi connectivity index (χ2v) is 8.85. The summed E-state index contributed by atoms with van der Waals surface area (Å²) in [5.74, 6) is -1.41. The highest BCUT2D eigenvalue weighted by Crippen LogP contribution is 2.30. The Labute approximate surface area is 173 Å². The molecule has 1 N–H and O–H groups in total. The Bertz CT molecular complexity index is 734. The maximum atomic E-state index is 15.0. The number of amides is 1. The molecule has 1 aromatic rings. The smallest absolute Gasteiger partial charge is 0.410 e. The third kappa shape index (κ3) is 5.44. The molecule has 28 heavy (non-hydrogen) atoms. The van der Waals surface area contributed by atoms with Crippen LogP contribution in [0.5, 0.6) is 0 Å². The third-order valence-corrected chi connectivity index (χ3v) is 5.39. The standard InChI is InChI=1S/C20H27BrFNO5/c1-20(2,3)28-19(26)23-8-7-12(11-24)9-14(23)10-13-5-6-15(21)16(17(13)22)18(25)27-4/h5-6,12,14,24H,7-11H2,1-4H3. The van der Waals surface area contributed by atoms with Crippen molar-refractivity contribution in [3.8, 4) is 0 Å². The van der Waals surface area contributed by atoms with Gasteiger partial charge in [0.2, 0.25) is 0 Å². The van der Waals surface area contributed by atoms with Gasteiger partial charge in [-0.25, -0.2) is 14.0 Å². The van der Waals surface area contributed by atoms with E-state index in [4.69, 9.17) is 4.74 Å². The predicted octanol–water partition coefficient (Wildman–Crippen LogP) is 3.93. The Morgan fingerprint density at radius 3 is 2.61 bits per heavy atom. The van der Waals surface area contributed by atoms with Gasteiger partial charge in [0.05, 0.1) is 7.11 Å². The maximum Gasteiger partial charge on any atom is 0.410 e. The summed E-state index contributed by atoms with van der Waals surface area (Å²) in [6, 6.07) is 2.83. The van der Waals surface area contributed by atoms with Crippen LogP contribution >= 0.6 is 15.9 Å². The summed E-state index contributed by atoms with van der Waals surface area (Å²) in [5, 5.41) is 9.55. The zero-order valence-corrected chi connectivity index (χ0v) is 18.2. The van der Waals surface area contributed by atoms with Crippen LogP contribution in [0.3, 0.4) is 0 Å². The van der Waals surface area contributed by atoms with E-state index in [0.717, 1.165) is 0 Å².